The second-order valence-electron chi connectivity index (χ2n) is 7.53. The topological polar surface area (TPSA) is 64.8 Å². The summed E-state index contributed by atoms with van der Waals surface area (Å²) in [5.41, 5.74) is 6.86. The Kier molecular flexibility index (Phi) is 6.40. The molecule has 0 bridgehead atoms. The second-order valence-corrected chi connectivity index (χ2v) is 7.53. The molecule has 0 saturated carbocycles. The summed E-state index contributed by atoms with van der Waals surface area (Å²) in [6.45, 7) is 2.59. The number of nitrogens with one attached hydrogen (secondary N) is 1. The van der Waals surface area contributed by atoms with Crippen molar-refractivity contribution < 1.29 is 18.7 Å². The Morgan fingerprint density at radius 3 is 2.36 bits per heavy atom. The number of hydrogen-bond acceptors (Lipinski definition) is 4. The third-order valence-corrected chi connectivity index (χ3v) is 5.51. The first-order chi connectivity index (χ1) is 16.0. The highest BCUT2D eigenvalue weighted by Crippen LogP contribution is 2.26. The van der Waals surface area contributed by atoms with Gasteiger partial charge in [0.1, 0.15) is 17.3 Å². The van der Waals surface area contributed by atoms with Crippen LogP contribution in [0.5, 0.6) is 11.5 Å². The lowest BCUT2D eigenvalue weighted by Crippen LogP contribution is -2.17. The molecule has 4 rings (SSSR count). The Morgan fingerprint density at radius 1 is 1.03 bits per heavy atom. The lowest BCUT2D eigenvalue weighted by atomic mass is 10.1. The molecular weight excluding hydrogens is 421 g/mol. The summed E-state index contributed by atoms with van der Waals surface area (Å²) in [7, 11) is 3.05. The van der Waals surface area contributed by atoms with Crippen molar-refractivity contribution in [3.63, 3.8) is 0 Å². The van der Waals surface area contributed by atoms with Crippen molar-refractivity contribution in [2.75, 3.05) is 14.2 Å². The van der Waals surface area contributed by atoms with E-state index in [1.54, 1.807) is 36.5 Å². The van der Waals surface area contributed by atoms with Gasteiger partial charge in [0.25, 0.3) is 5.91 Å². The fourth-order valence-corrected chi connectivity index (χ4v) is 3.76. The molecule has 0 fully saturated rings. The van der Waals surface area contributed by atoms with Gasteiger partial charge < -0.3 is 14.0 Å². The Hall–Kier alpha value is -4.13. The summed E-state index contributed by atoms with van der Waals surface area (Å²) in [6, 6.07) is 19.4. The molecule has 1 heterocycles. The quantitative estimate of drug-likeness (QED) is 0.324. The van der Waals surface area contributed by atoms with E-state index in [4.69, 9.17) is 9.47 Å². The summed E-state index contributed by atoms with van der Waals surface area (Å²) >= 11 is 0. The first kappa shape index (κ1) is 22.1. The summed E-state index contributed by atoms with van der Waals surface area (Å²) < 4.78 is 25.9. The lowest BCUT2D eigenvalue weighted by Gasteiger charge is -2.09. The predicted octanol–water partition coefficient (Wildman–Crippen LogP) is 4.92. The SMILES string of the molecule is COc1cc(OC)cc(C(=O)N/N=C\c2c(C)n(Cc3ccc(F)cc3)c3ccccc23)c1. The Morgan fingerprint density at radius 2 is 1.70 bits per heavy atom. The molecule has 1 aromatic heterocycles. The maximum Gasteiger partial charge on any atom is 0.271 e. The van der Waals surface area contributed by atoms with E-state index in [2.05, 4.69) is 15.1 Å². The zero-order valence-electron chi connectivity index (χ0n) is 18.6. The van der Waals surface area contributed by atoms with Gasteiger partial charge in [0.2, 0.25) is 0 Å². The zero-order valence-corrected chi connectivity index (χ0v) is 18.6. The van der Waals surface area contributed by atoms with Crippen molar-refractivity contribution >= 4 is 23.0 Å². The number of halogens is 1. The van der Waals surface area contributed by atoms with E-state index in [1.807, 2.05) is 31.2 Å². The summed E-state index contributed by atoms with van der Waals surface area (Å²) in [6.07, 6.45) is 1.65. The molecule has 0 aliphatic heterocycles. The molecule has 0 spiro atoms. The minimum Gasteiger partial charge on any atom is -0.497 e. The van der Waals surface area contributed by atoms with Crippen LogP contribution >= 0.6 is 0 Å². The number of carbonyl (C=O) groups is 1. The highest BCUT2D eigenvalue weighted by atomic mass is 19.1. The van der Waals surface area contributed by atoms with E-state index in [-0.39, 0.29) is 11.7 Å². The fraction of sp³-hybridized carbons (Fsp3) is 0.154. The number of hydrazone groups is 1. The molecule has 7 heteroatoms. The highest BCUT2D eigenvalue weighted by Gasteiger charge is 2.14. The number of methoxy groups -OCH3 is 2. The van der Waals surface area contributed by atoms with E-state index in [0.29, 0.717) is 23.6 Å². The van der Waals surface area contributed by atoms with Crippen molar-refractivity contribution in [1.29, 1.82) is 0 Å². The smallest absolute Gasteiger partial charge is 0.271 e. The first-order valence-corrected chi connectivity index (χ1v) is 10.4. The molecule has 0 saturated heterocycles. The van der Waals surface area contributed by atoms with Gasteiger partial charge in [-0.3, -0.25) is 4.79 Å². The molecule has 6 nitrogen and oxygen atoms in total. The molecule has 0 unspecified atom stereocenters. The number of nitrogens with zero attached hydrogens (tertiary/aromatic N) is 2. The van der Waals surface area contributed by atoms with Crippen LogP contribution in [0.3, 0.4) is 0 Å². The summed E-state index contributed by atoms with van der Waals surface area (Å²) in [5.74, 6) is 0.396. The molecule has 4 aromatic rings. The van der Waals surface area contributed by atoms with Crippen LogP contribution in [-0.2, 0) is 6.54 Å². The van der Waals surface area contributed by atoms with Crippen LogP contribution in [0.4, 0.5) is 4.39 Å². The van der Waals surface area contributed by atoms with Gasteiger partial charge in [0.15, 0.2) is 0 Å². The van der Waals surface area contributed by atoms with Crippen LogP contribution in [0.2, 0.25) is 0 Å². The highest BCUT2D eigenvalue weighted by molar-refractivity contribution is 6.02. The zero-order chi connectivity index (χ0) is 23.4. The normalized spacial score (nSPS) is 11.2. The lowest BCUT2D eigenvalue weighted by molar-refractivity contribution is 0.0954. The number of carbonyl (C=O) groups excluding carboxylic acids is 1. The first-order valence-electron chi connectivity index (χ1n) is 10.4. The third kappa shape index (κ3) is 4.72. The average molecular weight is 445 g/mol. The molecule has 33 heavy (non-hydrogen) atoms. The monoisotopic (exact) mass is 445 g/mol. The van der Waals surface area contributed by atoms with Crippen LogP contribution in [0.15, 0.2) is 71.8 Å². The van der Waals surface area contributed by atoms with E-state index in [9.17, 15) is 9.18 Å². The molecule has 0 aliphatic carbocycles. The van der Waals surface area contributed by atoms with Crippen molar-refractivity contribution in [3.8, 4) is 11.5 Å². The number of aromatic nitrogens is 1. The molecule has 0 aliphatic rings. The van der Waals surface area contributed by atoms with Gasteiger partial charge in [0.05, 0.1) is 20.4 Å². The van der Waals surface area contributed by atoms with Crippen LogP contribution < -0.4 is 14.9 Å². The van der Waals surface area contributed by atoms with Crippen molar-refractivity contribution in [2.45, 2.75) is 13.5 Å². The number of rotatable bonds is 7. The molecule has 1 amide bonds. The minimum absolute atomic E-state index is 0.259. The van der Waals surface area contributed by atoms with Gasteiger partial charge >= 0.3 is 0 Å². The number of fused-ring (bicyclic) bond motifs is 1. The van der Waals surface area contributed by atoms with Crippen molar-refractivity contribution in [2.24, 2.45) is 5.10 Å². The van der Waals surface area contributed by atoms with Gasteiger partial charge in [-0.1, -0.05) is 30.3 Å². The van der Waals surface area contributed by atoms with Crippen molar-refractivity contribution in [1.82, 2.24) is 9.99 Å². The van der Waals surface area contributed by atoms with Crippen LogP contribution in [0.1, 0.15) is 27.2 Å². The van der Waals surface area contributed by atoms with Crippen LogP contribution in [0, 0.1) is 12.7 Å². The van der Waals surface area contributed by atoms with Crippen molar-refractivity contribution in [3.05, 3.63) is 94.9 Å². The summed E-state index contributed by atoms with van der Waals surface area (Å²) in [5, 5.41) is 5.21. The van der Waals surface area contributed by atoms with Gasteiger partial charge in [-0.05, 0) is 42.8 Å². The summed E-state index contributed by atoms with van der Waals surface area (Å²) in [4.78, 5) is 12.6. The maximum absolute atomic E-state index is 13.3. The number of ether oxygens (including phenoxy) is 2. The number of hydrogen-bond donors (Lipinski definition) is 1. The minimum atomic E-state index is -0.379. The number of benzene rings is 3. The third-order valence-electron chi connectivity index (χ3n) is 5.51. The molecule has 0 radical (unpaired) electrons. The number of amides is 1. The average Bonchev–Trinajstić information content (AvgIpc) is 3.10. The Labute approximate surface area is 191 Å². The number of para-hydroxylation sites is 1. The maximum atomic E-state index is 13.3. The van der Waals surface area contributed by atoms with Gasteiger partial charge in [-0.25, -0.2) is 9.82 Å². The van der Waals surface area contributed by atoms with E-state index < -0.39 is 0 Å². The molecule has 168 valence electrons. The predicted molar refractivity (Wildman–Crippen MR) is 127 cm³/mol. The van der Waals surface area contributed by atoms with Gasteiger partial charge in [0, 0.05) is 40.3 Å². The standard InChI is InChI=1S/C26H24FN3O3/c1-17-24(15-28-29-26(31)19-12-21(32-2)14-22(13-19)33-3)23-6-4-5-7-25(23)30(17)16-18-8-10-20(27)11-9-18/h4-15H,16H2,1-3H3,(H,29,31)/b28-15-. The molecule has 3 aromatic carbocycles. The van der Waals surface area contributed by atoms with Crippen LogP contribution in [-0.4, -0.2) is 30.9 Å². The van der Waals surface area contributed by atoms with E-state index in [0.717, 1.165) is 27.7 Å². The van der Waals surface area contributed by atoms with Gasteiger partial charge in [-0.15, -0.1) is 0 Å². The Bertz CT molecular complexity index is 1300. The Balaban J connectivity index is 1.60. The van der Waals surface area contributed by atoms with Gasteiger partial charge in [-0.2, -0.15) is 5.10 Å². The second kappa shape index (κ2) is 9.56. The molecular formula is C26H24FN3O3. The molecule has 1 N–H and O–H groups in total. The van der Waals surface area contributed by atoms with E-state index >= 15 is 0 Å². The fourth-order valence-electron chi connectivity index (χ4n) is 3.76. The van der Waals surface area contributed by atoms with E-state index in [1.165, 1.54) is 26.4 Å². The largest absolute Gasteiger partial charge is 0.497 e. The van der Waals surface area contributed by atoms with Crippen LogP contribution in [0.25, 0.3) is 10.9 Å². The molecule has 0 atom stereocenters.